The topological polar surface area (TPSA) is 17.1 Å². The maximum absolute atomic E-state index is 10.9. The van der Waals surface area contributed by atoms with Gasteiger partial charge in [-0.1, -0.05) is 43.7 Å². The van der Waals surface area contributed by atoms with E-state index in [0.29, 0.717) is 6.42 Å². The number of hydrogen-bond donors (Lipinski definition) is 0. The van der Waals surface area contributed by atoms with Gasteiger partial charge in [-0.25, -0.2) is 0 Å². The Kier molecular flexibility index (Phi) is 4.75. The average molecular weight is 237 g/mol. The molecule has 0 atom stereocenters. The SMILES string of the molecule is CC.CC1=C(CC(=O)Cl)c2ccccc2C1. The summed E-state index contributed by atoms with van der Waals surface area (Å²) in [5.41, 5.74) is 4.87. The Labute approximate surface area is 102 Å². The Bertz CT molecular complexity index is 418. The Morgan fingerprint density at radius 2 is 1.94 bits per heavy atom. The zero-order valence-corrected chi connectivity index (χ0v) is 10.8. The standard InChI is InChI=1S/C12H11ClO.C2H6/c1-8-6-9-4-2-3-5-10(9)11(8)7-12(13)14;1-2/h2-5H,6-7H2,1H3;1-2H3. The van der Waals surface area contributed by atoms with Gasteiger partial charge < -0.3 is 0 Å². The zero-order chi connectivity index (χ0) is 12.1. The van der Waals surface area contributed by atoms with Crippen molar-refractivity contribution >= 4 is 22.4 Å². The molecule has 86 valence electrons. The fourth-order valence-corrected chi connectivity index (χ4v) is 2.11. The lowest BCUT2D eigenvalue weighted by Gasteiger charge is -2.02. The Morgan fingerprint density at radius 1 is 1.31 bits per heavy atom. The molecule has 1 aliphatic rings. The van der Waals surface area contributed by atoms with Crippen molar-refractivity contribution in [3.63, 3.8) is 0 Å². The van der Waals surface area contributed by atoms with Gasteiger partial charge in [-0.05, 0) is 41.6 Å². The van der Waals surface area contributed by atoms with Crippen LogP contribution in [0, 0.1) is 0 Å². The van der Waals surface area contributed by atoms with Gasteiger partial charge in [-0.2, -0.15) is 0 Å². The molecule has 1 aliphatic carbocycles. The fraction of sp³-hybridized carbons (Fsp3) is 0.357. The highest BCUT2D eigenvalue weighted by Crippen LogP contribution is 2.34. The number of carbonyl (C=O) groups excluding carboxylic acids is 1. The van der Waals surface area contributed by atoms with Gasteiger partial charge in [0, 0.05) is 6.42 Å². The van der Waals surface area contributed by atoms with E-state index in [1.807, 2.05) is 26.0 Å². The molecular weight excluding hydrogens is 220 g/mol. The molecule has 0 saturated carbocycles. The second-order valence-electron chi connectivity index (χ2n) is 3.62. The maximum atomic E-state index is 10.9. The first-order valence-corrected chi connectivity index (χ1v) is 6.01. The highest BCUT2D eigenvalue weighted by molar-refractivity contribution is 6.64. The summed E-state index contributed by atoms with van der Waals surface area (Å²) in [6.45, 7) is 6.06. The highest BCUT2D eigenvalue weighted by atomic mass is 35.5. The first-order valence-electron chi connectivity index (χ1n) is 5.63. The fourth-order valence-electron chi connectivity index (χ4n) is 1.98. The Hall–Kier alpha value is -1.08. The molecule has 2 rings (SSSR count). The van der Waals surface area contributed by atoms with Gasteiger partial charge in [0.15, 0.2) is 0 Å². The summed E-state index contributed by atoms with van der Waals surface area (Å²) in [6.07, 6.45) is 1.31. The molecule has 0 spiro atoms. The number of fused-ring (bicyclic) bond motifs is 1. The van der Waals surface area contributed by atoms with Gasteiger partial charge in [-0.15, -0.1) is 0 Å². The van der Waals surface area contributed by atoms with Gasteiger partial charge in [0.2, 0.25) is 5.24 Å². The molecule has 16 heavy (non-hydrogen) atoms. The quantitative estimate of drug-likeness (QED) is 0.704. The average Bonchev–Trinajstić information content (AvgIpc) is 2.58. The molecule has 2 heteroatoms. The van der Waals surface area contributed by atoms with Crippen molar-refractivity contribution in [1.82, 2.24) is 0 Å². The van der Waals surface area contributed by atoms with Crippen LogP contribution >= 0.6 is 11.6 Å². The molecule has 1 aromatic rings. The summed E-state index contributed by atoms with van der Waals surface area (Å²) in [7, 11) is 0. The van der Waals surface area contributed by atoms with E-state index in [4.69, 9.17) is 11.6 Å². The van der Waals surface area contributed by atoms with Crippen LogP contribution in [0.1, 0.15) is 38.3 Å². The number of rotatable bonds is 2. The number of allylic oxidation sites excluding steroid dienone is 2. The lowest BCUT2D eigenvalue weighted by molar-refractivity contribution is -0.110. The molecule has 0 bridgehead atoms. The van der Waals surface area contributed by atoms with Gasteiger partial charge in [0.05, 0.1) is 0 Å². The summed E-state index contributed by atoms with van der Waals surface area (Å²) in [4.78, 5) is 10.9. The third kappa shape index (κ3) is 2.73. The van der Waals surface area contributed by atoms with E-state index in [0.717, 1.165) is 12.0 Å². The number of benzene rings is 1. The van der Waals surface area contributed by atoms with Gasteiger partial charge in [0.1, 0.15) is 0 Å². The van der Waals surface area contributed by atoms with Crippen LogP contribution in [0.25, 0.3) is 5.57 Å². The molecule has 0 aliphatic heterocycles. The lowest BCUT2D eigenvalue weighted by Crippen LogP contribution is -1.90. The predicted molar refractivity (Wildman–Crippen MR) is 69.6 cm³/mol. The van der Waals surface area contributed by atoms with Crippen LogP contribution in [0.5, 0.6) is 0 Å². The molecule has 0 N–H and O–H groups in total. The van der Waals surface area contributed by atoms with Crippen molar-refractivity contribution in [1.29, 1.82) is 0 Å². The monoisotopic (exact) mass is 236 g/mol. The van der Waals surface area contributed by atoms with E-state index in [2.05, 4.69) is 19.1 Å². The summed E-state index contributed by atoms with van der Waals surface area (Å²) in [5, 5.41) is -0.281. The number of hydrogen-bond acceptors (Lipinski definition) is 1. The van der Waals surface area contributed by atoms with Crippen LogP contribution < -0.4 is 0 Å². The molecule has 0 amide bonds. The highest BCUT2D eigenvalue weighted by Gasteiger charge is 2.19. The van der Waals surface area contributed by atoms with E-state index >= 15 is 0 Å². The minimum Gasteiger partial charge on any atom is -0.281 e. The second kappa shape index (κ2) is 5.86. The van der Waals surface area contributed by atoms with E-state index in [1.165, 1.54) is 16.7 Å². The first kappa shape index (κ1) is 13.0. The van der Waals surface area contributed by atoms with E-state index in [9.17, 15) is 4.79 Å². The summed E-state index contributed by atoms with van der Waals surface area (Å²) in [6, 6.07) is 8.18. The normalized spacial score (nSPS) is 13.0. The van der Waals surface area contributed by atoms with Crippen molar-refractivity contribution in [3.05, 3.63) is 41.0 Å². The number of halogens is 1. The molecule has 0 fully saturated rings. The van der Waals surface area contributed by atoms with Crippen molar-refractivity contribution in [3.8, 4) is 0 Å². The van der Waals surface area contributed by atoms with E-state index in [1.54, 1.807) is 0 Å². The molecular formula is C14H17ClO. The molecule has 1 aromatic carbocycles. The lowest BCUT2D eigenvalue weighted by atomic mass is 10.0. The minimum absolute atomic E-state index is 0.281. The van der Waals surface area contributed by atoms with E-state index in [-0.39, 0.29) is 5.24 Å². The molecule has 0 unspecified atom stereocenters. The summed E-state index contributed by atoms with van der Waals surface area (Å²) < 4.78 is 0. The largest absolute Gasteiger partial charge is 0.281 e. The van der Waals surface area contributed by atoms with Gasteiger partial charge in [-0.3, -0.25) is 4.79 Å². The van der Waals surface area contributed by atoms with Crippen molar-refractivity contribution in [2.75, 3.05) is 0 Å². The van der Waals surface area contributed by atoms with Gasteiger partial charge in [0.25, 0.3) is 0 Å². The third-order valence-electron chi connectivity index (χ3n) is 2.63. The van der Waals surface area contributed by atoms with Crippen LogP contribution in [0.3, 0.4) is 0 Å². The van der Waals surface area contributed by atoms with Crippen molar-refractivity contribution in [2.24, 2.45) is 0 Å². The minimum atomic E-state index is -0.281. The van der Waals surface area contributed by atoms with Crippen LogP contribution in [0.4, 0.5) is 0 Å². The van der Waals surface area contributed by atoms with Crippen molar-refractivity contribution < 1.29 is 4.79 Å². The van der Waals surface area contributed by atoms with Crippen LogP contribution in [0.2, 0.25) is 0 Å². The van der Waals surface area contributed by atoms with Gasteiger partial charge >= 0.3 is 0 Å². The van der Waals surface area contributed by atoms with Crippen LogP contribution in [-0.4, -0.2) is 5.24 Å². The molecule has 0 heterocycles. The van der Waals surface area contributed by atoms with Crippen LogP contribution in [0.15, 0.2) is 29.8 Å². The first-order chi connectivity index (χ1) is 7.68. The van der Waals surface area contributed by atoms with Crippen LogP contribution in [-0.2, 0) is 11.2 Å². The maximum Gasteiger partial charge on any atom is 0.226 e. The number of carbonyl (C=O) groups is 1. The summed E-state index contributed by atoms with van der Waals surface area (Å²) in [5.74, 6) is 0. The Morgan fingerprint density at radius 3 is 2.56 bits per heavy atom. The van der Waals surface area contributed by atoms with E-state index < -0.39 is 0 Å². The second-order valence-corrected chi connectivity index (χ2v) is 4.05. The molecule has 0 radical (unpaired) electrons. The molecule has 1 nitrogen and oxygen atoms in total. The van der Waals surface area contributed by atoms with Crippen molar-refractivity contribution in [2.45, 2.75) is 33.6 Å². The molecule has 0 aromatic heterocycles. The molecule has 0 saturated heterocycles. The third-order valence-corrected chi connectivity index (χ3v) is 2.76. The predicted octanol–water partition coefficient (Wildman–Crippen LogP) is 4.20. The zero-order valence-electron chi connectivity index (χ0n) is 10.0. The Balaban J connectivity index is 0.000000606. The smallest absolute Gasteiger partial charge is 0.226 e. The summed E-state index contributed by atoms with van der Waals surface area (Å²) >= 11 is 5.42.